The first-order valence-corrected chi connectivity index (χ1v) is 12.2. The van der Waals surface area contributed by atoms with Crippen LogP contribution >= 0.6 is 0 Å². The fourth-order valence-corrected chi connectivity index (χ4v) is 4.98. The molecule has 1 fully saturated rings. The molecule has 0 bridgehead atoms. The van der Waals surface area contributed by atoms with Crippen molar-refractivity contribution >= 4 is 22.8 Å². The number of benzene rings is 1. The van der Waals surface area contributed by atoms with Crippen LogP contribution in [-0.4, -0.2) is 41.9 Å². The fourth-order valence-electron chi connectivity index (χ4n) is 4.98. The van der Waals surface area contributed by atoms with Gasteiger partial charge in [0.25, 0.3) is 0 Å². The Kier molecular flexibility index (Phi) is 5.10. The Bertz CT molecular complexity index is 1440. The number of carbonyl (C=O) groups excluding carboxylic acids is 1. The number of carbonyl (C=O) groups is 1. The highest BCUT2D eigenvalue weighted by Crippen LogP contribution is 2.40. The molecule has 0 spiro atoms. The maximum absolute atomic E-state index is 13.0. The summed E-state index contributed by atoms with van der Waals surface area (Å²) in [6, 6.07) is 6.00. The Balaban J connectivity index is 1.44. The Morgan fingerprint density at radius 3 is 2.66 bits per heavy atom. The standard InChI is InChI=1S/C26H28N8O/c1-4-34-23(18-12-27-15(2)28-13-18)33-22-21(29-14-30-24(22)34)17-8-9-20-19(10-17)26(3,25(35)32-20)31-11-16-6-5-7-16/h8-10,12-14,16,31H,4-7,11H2,1-3H3,(H,32,35)/t26-/m1/s1. The number of hydrogen-bond donors (Lipinski definition) is 2. The van der Waals surface area contributed by atoms with Crippen LogP contribution in [0.4, 0.5) is 5.69 Å². The lowest BCUT2D eigenvalue weighted by molar-refractivity contribution is -0.121. The van der Waals surface area contributed by atoms with Crippen molar-refractivity contribution in [3.63, 3.8) is 0 Å². The molecule has 3 aromatic heterocycles. The average molecular weight is 469 g/mol. The second kappa shape index (κ2) is 8.20. The van der Waals surface area contributed by atoms with Gasteiger partial charge < -0.3 is 9.88 Å². The van der Waals surface area contributed by atoms with Crippen LogP contribution in [0.3, 0.4) is 0 Å². The molecular formula is C26H28N8O. The predicted molar refractivity (Wildman–Crippen MR) is 134 cm³/mol. The highest BCUT2D eigenvalue weighted by molar-refractivity contribution is 6.06. The third-order valence-electron chi connectivity index (χ3n) is 7.39. The van der Waals surface area contributed by atoms with Gasteiger partial charge in [0.15, 0.2) is 5.65 Å². The van der Waals surface area contributed by atoms with E-state index in [4.69, 9.17) is 4.98 Å². The third kappa shape index (κ3) is 3.49. The molecule has 0 radical (unpaired) electrons. The van der Waals surface area contributed by atoms with Crippen LogP contribution in [0, 0.1) is 12.8 Å². The van der Waals surface area contributed by atoms with Crippen molar-refractivity contribution in [3.05, 3.63) is 48.3 Å². The van der Waals surface area contributed by atoms with E-state index in [0.717, 1.165) is 46.1 Å². The zero-order valence-electron chi connectivity index (χ0n) is 20.2. The first-order chi connectivity index (χ1) is 17.0. The molecule has 2 N–H and O–H groups in total. The summed E-state index contributed by atoms with van der Waals surface area (Å²) >= 11 is 0. The number of hydrogen-bond acceptors (Lipinski definition) is 7. The molecule has 9 nitrogen and oxygen atoms in total. The summed E-state index contributed by atoms with van der Waals surface area (Å²) in [6.07, 6.45) is 8.88. The minimum Gasteiger partial charge on any atom is -0.324 e. The van der Waals surface area contributed by atoms with E-state index in [1.165, 1.54) is 19.3 Å². The molecule has 35 heavy (non-hydrogen) atoms. The zero-order chi connectivity index (χ0) is 24.2. The van der Waals surface area contributed by atoms with Crippen molar-refractivity contribution in [1.29, 1.82) is 0 Å². The summed E-state index contributed by atoms with van der Waals surface area (Å²) in [7, 11) is 0. The average Bonchev–Trinajstić information content (AvgIpc) is 3.33. The van der Waals surface area contributed by atoms with E-state index >= 15 is 0 Å². The number of imidazole rings is 1. The van der Waals surface area contributed by atoms with Crippen molar-refractivity contribution < 1.29 is 4.79 Å². The van der Waals surface area contributed by atoms with Crippen LogP contribution < -0.4 is 10.6 Å². The molecule has 2 aliphatic rings. The molecule has 1 aromatic carbocycles. The number of anilines is 1. The number of nitrogens with zero attached hydrogens (tertiary/aromatic N) is 6. The summed E-state index contributed by atoms with van der Waals surface area (Å²) in [5.41, 5.74) is 4.94. The van der Waals surface area contributed by atoms with Gasteiger partial charge >= 0.3 is 0 Å². The Labute approximate surface area is 203 Å². The van der Waals surface area contributed by atoms with Crippen LogP contribution in [0.2, 0.25) is 0 Å². The zero-order valence-corrected chi connectivity index (χ0v) is 20.2. The number of aryl methyl sites for hydroxylation is 2. The maximum atomic E-state index is 13.0. The highest BCUT2D eigenvalue weighted by atomic mass is 16.2. The van der Waals surface area contributed by atoms with Crippen LogP contribution in [0.15, 0.2) is 36.9 Å². The monoisotopic (exact) mass is 468 g/mol. The molecule has 6 rings (SSSR count). The van der Waals surface area contributed by atoms with Gasteiger partial charge in [-0.25, -0.2) is 24.9 Å². The van der Waals surface area contributed by atoms with Crippen LogP contribution in [-0.2, 0) is 16.9 Å². The van der Waals surface area contributed by atoms with Gasteiger partial charge in [-0.2, -0.15) is 0 Å². The summed E-state index contributed by atoms with van der Waals surface area (Å²) in [4.78, 5) is 35.8. The number of amides is 1. The van der Waals surface area contributed by atoms with Gasteiger partial charge in [0.2, 0.25) is 5.91 Å². The topological polar surface area (TPSA) is 111 Å². The predicted octanol–water partition coefficient (Wildman–Crippen LogP) is 3.84. The second-order valence-corrected chi connectivity index (χ2v) is 9.61. The molecule has 0 saturated heterocycles. The highest BCUT2D eigenvalue weighted by Gasteiger charge is 2.43. The summed E-state index contributed by atoms with van der Waals surface area (Å²) in [6.45, 7) is 7.43. The lowest BCUT2D eigenvalue weighted by Crippen LogP contribution is -2.48. The smallest absolute Gasteiger partial charge is 0.249 e. The minimum absolute atomic E-state index is 0.0197. The van der Waals surface area contributed by atoms with E-state index in [-0.39, 0.29) is 5.91 Å². The van der Waals surface area contributed by atoms with E-state index < -0.39 is 5.54 Å². The molecular weight excluding hydrogens is 440 g/mol. The number of fused-ring (bicyclic) bond motifs is 2. The first-order valence-electron chi connectivity index (χ1n) is 12.2. The quantitative estimate of drug-likeness (QED) is 0.442. The lowest BCUT2D eigenvalue weighted by atomic mass is 9.84. The molecule has 0 unspecified atom stereocenters. The van der Waals surface area contributed by atoms with Crippen LogP contribution in [0.5, 0.6) is 0 Å². The van der Waals surface area contributed by atoms with Gasteiger partial charge in [-0.1, -0.05) is 12.5 Å². The normalized spacial score (nSPS) is 19.6. The number of aromatic nitrogens is 6. The van der Waals surface area contributed by atoms with Crippen molar-refractivity contribution in [2.75, 3.05) is 11.9 Å². The summed E-state index contributed by atoms with van der Waals surface area (Å²) in [5.74, 6) is 2.10. The van der Waals surface area contributed by atoms with Crippen LogP contribution in [0.1, 0.15) is 44.5 Å². The van der Waals surface area contributed by atoms with E-state index in [0.29, 0.717) is 23.8 Å². The number of rotatable bonds is 6. The van der Waals surface area contributed by atoms with Crippen molar-refractivity contribution in [1.82, 2.24) is 34.8 Å². The van der Waals surface area contributed by atoms with Crippen LogP contribution in [0.25, 0.3) is 33.8 Å². The van der Waals surface area contributed by atoms with Crippen molar-refractivity contribution in [3.8, 4) is 22.6 Å². The van der Waals surface area contributed by atoms with Gasteiger partial charge in [0.05, 0.1) is 5.56 Å². The molecule has 1 atom stereocenters. The lowest BCUT2D eigenvalue weighted by Gasteiger charge is -2.31. The molecule has 1 aliphatic carbocycles. The summed E-state index contributed by atoms with van der Waals surface area (Å²) in [5, 5.41) is 6.60. The summed E-state index contributed by atoms with van der Waals surface area (Å²) < 4.78 is 2.05. The largest absolute Gasteiger partial charge is 0.324 e. The molecule has 1 amide bonds. The van der Waals surface area contributed by atoms with E-state index in [1.54, 1.807) is 18.7 Å². The number of nitrogens with one attached hydrogen (secondary N) is 2. The first kappa shape index (κ1) is 21.8. The Hall–Kier alpha value is -3.72. The Morgan fingerprint density at radius 2 is 1.94 bits per heavy atom. The molecule has 4 aromatic rings. The Morgan fingerprint density at radius 1 is 1.14 bits per heavy atom. The van der Waals surface area contributed by atoms with Crippen molar-refractivity contribution in [2.45, 2.75) is 52.1 Å². The van der Waals surface area contributed by atoms with Gasteiger partial charge in [-0.3, -0.25) is 10.1 Å². The maximum Gasteiger partial charge on any atom is 0.249 e. The van der Waals surface area contributed by atoms with E-state index in [2.05, 4.69) is 48.1 Å². The van der Waals surface area contributed by atoms with Crippen molar-refractivity contribution in [2.24, 2.45) is 5.92 Å². The minimum atomic E-state index is -0.778. The van der Waals surface area contributed by atoms with Gasteiger partial charge in [0, 0.05) is 35.8 Å². The van der Waals surface area contributed by atoms with Gasteiger partial charge in [0.1, 0.15) is 34.7 Å². The molecule has 178 valence electrons. The molecule has 9 heteroatoms. The molecule has 4 heterocycles. The third-order valence-corrected chi connectivity index (χ3v) is 7.39. The van der Waals surface area contributed by atoms with E-state index in [9.17, 15) is 4.79 Å². The fraction of sp³-hybridized carbons (Fsp3) is 0.385. The molecule has 1 aliphatic heterocycles. The molecule has 1 saturated carbocycles. The van der Waals surface area contributed by atoms with Gasteiger partial charge in [-0.05, 0) is 58.2 Å². The van der Waals surface area contributed by atoms with Gasteiger partial charge in [-0.15, -0.1) is 0 Å². The SMILES string of the molecule is CCn1c(-c2cnc(C)nc2)nc2c(-c3ccc4c(c3)[C@@](C)(NCC3CCC3)C(=O)N4)ncnc21. The van der Waals surface area contributed by atoms with E-state index in [1.807, 2.05) is 26.0 Å². The second-order valence-electron chi connectivity index (χ2n) is 9.61.